The molecule has 2 N–H and O–H groups in total. The monoisotopic (exact) mass is 204 g/mol. The number of aldehydes is 1. The van der Waals surface area contributed by atoms with Gasteiger partial charge in [0.25, 0.3) is 5.91 Å². The van der Waals surface area contributed by atoms with Crippen molar-refractivity contribution in [3.63, 3.8) is 0 Å². The minimum atomic E-state index is -0.743. The molecule has 15 heavy (non-hydrogen) atoms. The number of carbonyl (C=O) groups is 2. The smallest absolute Gasteiger partial charge is 0.252 e. The normalized spacial score (nSPS) is 9.07. The van der Waals surface area contributed by atoms with E-state index in [1.165, 1.54) is 19.2 Å². The Balaban J connectivity index is 3.54. The highest BCUT2D eigenvalue weighted by atomic mass is 16.5. The number of rotatable bonds is 3. The van der Waals surface area contributed by atoms with Crippen LogP contribution in [0, 0.1) is 11.3 Å². The number of carbonyl (C=O) groups excluding carboxylic acids is 2. The number of hydrogen-bond donors (Lipinski definition) is 1. The van der Waals surface area contributed by atoms with E-state index in [9.17, 15) is 9.59 Å². The minimum Gasteiger partial charge on any atom is -0.495 e. The van der Waals surface area contributed by atoms with E-state index in [1.807, 2.05) is 6.07 Å². The van der Waals surface area contributed by atoms with Gasteiger partial charge >= 0.3 is 0 Å². The van der Waals surface area contributed by atoms with E-state index in [0.29, 0.717) is 6.29 Å². The fourth-order valence-corrected chi connectivity index (χ4v) is 1.21. The number of nitrogens with zero attached hydrogens (tertiary/aromatic N) is 1. The van der Waals surface area contributed by atoms with Crippen molar-refractivity contribution in [1.82, 2.24) is 0 Å². The maximum absolute atomic E-state index is 11.0. The largest absolute Gasteiger partial charge is 0.495 e. The van der Waals surface area contributed by atoms with Crippen molar-refractivity contribution in [1.29, 1.82) is 5.26 Å². The van der Waals surface area contributed by atoms with Gasteiger partial charge in [-0.1, -0.05) is 0 Å². The predicted octanol–water partition coefficient (Wildman–Crippen LogP) is 0.478. The third-order valence-electron chi connectivity index (χ3n) is 1.84. The van der Waals surface area contributed by atoms with Gasteiger partial charge in [-0.2, -0.15) is 5.26 Å². The Morgan fingerprint density at radius 3 is 2.67 bits per heavy atom. The van der Waals surface area contributed by atoms with E-state index in [-0.39, 0.29) is 22.4 Å². The van der Waals surface area contributed by atoms with Crippen LogP contribution in [0.2, 0.25) is 0 Å². The summed E-state index contributed by atoms with van der Waals surface area (Å²) in [4.78, 5) is 21.6. The molecule has 1 rings (SSSR count). The average molecular weight is 204 g/mol. The molecular weight excluding hydrogens is 196 g/mol. The lowest BCUT2D eigenvalue weighted by Crippen LogP contribution is -2.13. The highest BCUT2D eigenvalue weighted by molar-refractivity contribution is 5.98. The molecular formula is C10H8N2O3. The van der Waals surface area contributed by atoms with E-state index in [1.54, 1.807) is 0 Å². The lowest BCUT2D eigenvalue weighted by atomic mass is 10.0. The highest BCUT2D eigenvalue weighted by Gasteiger charge is 2.15. The molecule has 1 aromatic rings. The Kier molecular flexibility index (Phi) is 3.03. The third kappa shape index (κ3) is 1.94. The van der Waals surface area contributed by atoms with Crippen LogP contribution in [0.25, 0.3) is 0 Å². The molecule has 0 aliphatic carbocycles. The van der Waals surface area contributed by atoms with Gasteiger partial charge in [-0.05, 0) is 12.1 Å². The fourth-order valence-electron chi connectivity index (χ4n) is 1.21. The molecule has 5 heteroatoms. The van der Waals surface area contributed by atoms with Crippen molar-refractivity contribution in [2.24, 2.45) is 5.73 Å². The Morgan fingerprint density at radius 1 is 1.60 bits per heavy atom. The van der Waals surface area contributed by atoms with Gasteiger partial charge in [0.05, 0.1) is 18.2 Å². The van der Waals surface area contributed by atoms with Crippen molar-refractivity contribution >= 4 is 12.2 Å². The quantitative estimate of drug-likeness (QED) is 0.724. The first-order chi connectivity index (χ1) is 7.13. The molecule has 0 unspecified atom stereocenters. The molecule has 0 bridgehead atoms. The summed E-state index contributed by atoms with van der Waals surface area (Å²) < 4.78 is 4.89. The van der Waals surface area contributed by atoms with Gasteiger partial charge in [0.15, 0.2) is 0 Å². The molecule has 0 atom stereocenters. The summed E-state index contributed by atoms with van der Waals surface area (Å²) in [6, 6.07) is 4.44. The maximum atomic E-state index is 11.0. The second kappa shape index (κ2) is 4.24. The Morgan fingerprint density at radius 2 is 2.27 bits per heavy atom. The molecule has 76 valence electrons. The number of nitrogens with two attached hydrogens (primary N) is 1. The minimum absolute atomic E-state index is 0.0265. The summed E-state index contributed by atoms with van der Waals surface area (Å²) in [5.41, 5.74) is 5.44. The van der Waals surface area contributed by atoms with Crippen LogP contribution in [-0.2, 0) is 0 Å². The first-order valence-corrected chi connectivity index (χ1v) is 4.01. The van der Waals surface area contributed by atoms with Gasteiger partial charge in [-0.15, -0.1) is 0 Å². The first-order valence-electron chi connectivity index (χ1n) is 4.01. The lowest BCUT2D eigenvalue weighted by Gasteiger charge is -2.07. The van der Waals surface area contributed by atoms with Gasteiger partial charge in [0.2, 0.25) is 0 Å². The zero-order chi connectivity index (χ0) is 11.4. The van der Waals surface area contributed by atoms with Crippen LogP contribution < -0.4 is 10.5 Å². The van der Waals surface area contributed by atoms with E-state index in [0.717, 1.165) is 0 Å². The number of primary amides is 1. The second-order valence-corrected chi connectivity index (χ2v) is 2.74. The summed E-state index contributed by atoms with van der Waals surface area (Å²) in [5, 5.41) is 8.78. The van der Waals surface area contributed by atoms with Crippen LogP contribution in [0.3, 0.4) is 0 Å². The van der Waals surface area contributed by atoms with Crippen molar-refractivity contribution in [3.05, 3.63) is 28.8 Å². The van der Waals surface area contributed by atoms with Crippen LogP contribution in [0.5, 0.6) is 5.75 Å². The number of nitriles is 1. The number of hydrogen-bond acceptors (Lipinski definition) is 4. The number of amides is 1. The molecule has 0 saturated heterocycles. The molecule has 0 aromatic heterocycles. The Bertz CT molecular complexity index is 460. The van der Waals surface area contributed by atoms with Gasteiger partial charge in [0.1, 0.15) is 18.1 Å². The van der Waals surface area contributed by atoms with Gasteiger partial charge in [0, 0.05) is 5.56 Å². The van der Waals surface area contributed by atoms with E-state index in [2.05, 4.69) is 0 Å². The van der Waals surface area contributed by atoms with Crippen molar-refractivity contribution in [3.8, 4) is 11.8 Å². The van der Waals surface area contributed by atoms with Crippen LogP contribution in [-0.4, -0.2) is 19.3 Å². The number of benzene rings is 1. The predicted molar refractivity (Wildman–Crippen MR) is 51.6 cm³/mol. The lowest BCUT2D eigenvalue weighted by molar-refractivity contribution is 0.0997. The van der Waals surface area contributed by atoms with E-state index in [4.69, 9.17) is 15.7 Å². The zero-order valence-corrected chi connectivity index (χ0v) is 7.98. The summed E-state index contributed by atoms with van der Waals surface area (Å²) in [6.45, 7) is 0. The molecule has 0 heterocycles. The molecule has 1 amide bonds. The summed E-state index contributed by atoms with van der Waals surface area (Å²) >= 11 is 0. The first kappa shape index (κ1) is 10.7. The third-order valence-corrected chi connectivity index (χ3v) is 1.84. The second-order valence-electron chi connectivity index (χ2n) is 2.74. The molecule has 0 saturated carbocycles. The number of ether oxygens (including phenoxy) is 1. The van der Waals surface area contributed by atoms with E-state index < -0.39 is 5.91 Å². The van der Waals surface area contributed by atoms with Crippen LogP contribution in [0.15, 0.2) is 12.1 Å². The molecule has 0 aliphatic rings. The van der Waals surface area contributed by atoms with Crippen molar-refractivity contribution in [2.75, 3.05) is 7.11 Å². The summed E-state index contributed by atoms with van der Waals surface area (Å²) in [5.74, 6) is -0.650. The zero-order valence-electron chi connectivity index (χ0n) is 7.98. The topological polar surface area (TPSA) is 93.2 Å². The van der Waals surface area contributed by atoms with Gasteiger partial charge < -0.3 is 10.5 Å². The highest BCUT2D eigenvalue weighted by Crippen LogP contribution is 2.24. The average Bonchev–Trinajstić information content (AvgIpc) is 2.26. The SMILES string of the molecule is COc1c(C#N)cc(C=O)cc1C(N)=O. The maximum Gasteiger partial charge on any atom is 0.252 e. The molecule has 0 fully saturated rings. The van der Waals surface area contributed by atoms with Gasteiger partial charge in [-0.3, -0.25) is 9.59 Å². The number of methoxy groups -OCH3 is 1. The Labute approximate surface area is 86.1 Å². The molecule has 0 radical (unpaired) electrons. The van der Waals surface area contributed by atoms with Crippen LogP contribution in [0.1, 0.15) is 26.3 Å². The van der Waals surface area contributed by atoms with Gasteiger partial charge in [-0.25, -0.2) is 0 Å². The standard InChI is InChI=1S/C10H8N2O3/c1-15-9-7(4-11)2-6(5-13)3-8(9)10(12)14/h2-3,5H,1H3,(H2,12,14). The fraction of sp³-hybridized carbons (Fsp3) is 0.100. The van der Waals surface area contributed by atoms with E-state index >= 15 is 0 Å². The van der Waals surface area contributed by atoms with Crippen molar-refractivity contribution < 1.29 is 14.3 Å². The summed E-state index contributed by atoms with van der Waals surface area (Å²) in [6.07, 6.45) is 0.534. The van der Waals surface area contributed by atoms with Crippen molar-refractivity contribution in [2.45, 2.75) is 0 Å². The van der Waals surface area contributed by atoms with Crippen LogP contribution >= 0.6 is 0 Å². The Hall–Kier alpha value is -2.35. The summed E-state index contributed by atoms with van der Waals surface area (Å²) in [7, 11) is 1.32. The molecule has 1 aromatic carbocycles. The van der Waals surface area contributed by atoms with Crippen LogP contribution in [0.4, 0.5) is 0 Å². The molecule has 5 nitrogen and oxygen atoms in total. The molecule has 0 aliphatic heterocycles. The molecule has 0 spiro atoms.